The van der Waals surface area contributed by atoms with Crippen molar-refractivity contribution in [1.82, 2.24) is 19.7 Å². The van der Waals surface area contributed by atoms with Crippen LogP contribution in [-0.2, 0) is 4.79 Å². The second-order valence-corrected chi connectivity index (χ2v) is 8.34. The highest BCUT2D eigenvalue weighted by Crippen LogP contribution is 2.40. The Bertz CT molecular complexity index is 1370. The van der Waals surface area contributed by atoms with Gasteiger partial charge in [0.05, 0.1) is 17.5 Å². The van der Waals surface area contributed by atoms with Gasteiger partial charge < -0.3 is 10.6 Å². The number of halogens is 2. The molecule has 1 aliphatic rings. The number of anilines is 2. The number of benzene rings is 2. The van der Waals surface area contributed by atoms with Gasteiger partial charge >= 0.3 is 0 Å². The van der Waals surface area contributed by atoms with Crippen LogP contribution in [0.4, 0.5) is 11.6 Å². The van der Waals surface area contributed by atoms with Gasteiger partial charge in [0.2, 0.25) is 5.95 Å². The minimum absolute atomic E-state index is 0.300. The number of aromatic nitrogens is 4. The lowest BCUT2D eigenvalue weighted by atomic mass is 9.95. The number of amides is 1. The first-order valence-corrected chi connectivity index (χ1v) is 10.9. The Kier molecular flexibility index (Phi) is 5.58. The molecule has 0 fully saturated rings. The summed E-state index contributed by atoms with van der Waals surface area (Å²) in [5.41, 5.74) is 3.23. The highest BCUT2D eigenvalue weighted by atomic mass is 35.5. The maximum absolute atomic E-state index is 13.5. The standard InChI is InChI=1S/C24H18Cl2N6O/c1-14-20(23(33)29-17-8-5-11-27-13-17)21(18-10-9-16(25)12-19(18)26)32-24(28-14)30-22(31-32)15-6-3-2-4-7-15/h2-13,21H,1H3,(H,29,33)(H,28,30,31)/t21-/m1/s1. The van der Waals surface area contributed by atoms with E-state index < -0.39 is 6.04 Å². The lowest BCUT2D eigenvalue weighted by Gasteiger charge is -2.29. The van der Waals surface area contributed by atoms with E-state index in [1.165, 1.54) is 0 Å². The number of nitrogens with one attached hydrogen (secondary N) is 2. The molecule has 1 atom stereocenters. The topological polar surface area (TPSA) is 84.7 Å². The molecule has 2 aromatic heterocycles. The second kappa shape index (κ2) is 8.69. The van der Waals surface area contributed by atoms with Crippen molar-refractivity contribution in [3.63, 3.8) is 0 Å². The molecule has 2 N–H and O–H groups in total. The molecule has 2 aromatic carbocycles. The molecule has 1 amide bonds. The van der Waals surface area contributed by atoms with E-state index in [2.05, 4.69) is 20.6 Å². The van der Waals surface area contributed by atoms with Crippen molar-refractivity contribution in [2.75, 3.05) is 10.6 Å². The predicted octanol–water partition coefficient (Wildman–Crippen LogP) is 5.57. The van der Waals surface area contributed by atoms with Crippen molar-refractivity contribution in [2.45, 2.75) is 13.0 Å². The third kappa shape index (κ3) is 4.08. The number of pyridine rings is 1. The number of hydrogen-bond acceptors (Lipinski definition) is 5. The van der Waals surface area contributed by atoms with Gasteiger partial charge in [0.25, 0.3) is 5.91 Å². The quantitative estimate of drug-likeness (QED) is 0.401. The van der Waals surface area contributed by atoms with E-state index in [9.17, 15) is 4.79 Å². The van der Waals surface area contributed by atoms with Crippen LogP contribution < -0.4 is 10.6 Å². The van der Waals surface area contributed by atoms with Gasteiger partial charge in [-0.05, 0) is 31.2 Å². The number of carbonyl (C=O) groups is 1. The molecule has 0 aliphatic carbocycles. The summed E-state index contributed by atoms with van der Waals surface area (Å²) in [4.78, 5) is 22.2. The number of rotatable bonds is 4. The van der Waals surface area contributed by atoms with E-state index in [-0.39, 0.29) is 5.91 Å². The molecule has 3 heterocycles. The van der Waals surface area contributed by atoms with Crippen molar-refractivity contribution in [3.8, 4) is 11.4 Å². The van der Waals surface area contributed by atoms with Gasteiger partial charge in [0.15, 0.2) is 5.82 Å². The van der Waals surface area contributed by atoms with Gasteiger partial charge in [-0.25, -0.2) is 4.68 Å². The Morgan fingerprint density at radius 2 is 1.91 bits per heavy atom. The van der Waals surface area contributed by atoms with Gasteiger partial charge in [-0.2, -0.15) is 4.98 Å². The summed E-state index contributed by atoms with van der Waals surface area (Å²) in [7, 11) is 0. The molecule has 0 saturated carbocycles. The van der Waals surface area contributed by atoms with Crippen LogP contribution in [0, 0.1) is 0 Å². The average molecular weight is 477 g/mol. The zero-order valence-electron chi connectivity index (χ0n) is 17.5. The molecular weight excluding hydrogens is 459 g/mol. The van der Waals surface area contributed by atoms with Crippen LogP contribution in [0.1, 0.15) is 18.5 Å². The lowest BCUT2D eigenvalue weighted by Crippen LogP contribution is -2.31. The van der Waals surface area contributed by atoms with Gasteiger partial charge in [0.1, 0.15) is 6.04 Å². The van der Waals surface area contributed by atoms with Crippen LogP contribution in [0.2, 0.25) is 10.0 Å². The Labute approximate surface area is 200 Å². The van der Waals surface area contributed by atoms with Crippen LogP contribution in [0.25, 0.3) is 11.4 Å². The molecule has 164 valence electrons. The average Bonchev–Trinajstić information content (AvgIpc) is 3.23. The molecule has 1 aliphatic heterocycles. The smallest absolute Gasteiger partial charge is 0.255 e. The maximum Gasteiger partial charge on any atom is 0.255 e. The van der Waals surface area contributed by atoms with Gasteiger partial charge in [0, 0.05) is 33.1 Å². The third-order valence-electron chi connectivity index (χ3n) is 5.31. The van der Waals surface area contributed by atoms with Gasteiger partial charge in [-0.3, -0.25) is 9.78 Å². The summed E-state index contributed by atoms with van der Waals surface area (Å²) in [5.74, 6) is 0.752. The predicted molar refractivity (Wildman–Crippen MR) is 129 cm³/mol. The number of hydrogen-bond donors (Lipinski definition) is 2. The van der Waals surface area contributed by atoms with Crippen molar-refractivity contribution in [3.05, 3.63) is 99.9 Å². The van der Waals surface area contributed by atoms with Crippen LogP contribution in [-0.4, -0.2) is 25.7 Å². The fourth-order valence-electron chi connectivity index (χ4n) is 3.80. The monoisotopic (exact) mass is 476 g/mol. The minimum Gasteiger partial charge on any atom is -0.328 e. The summed E-state index contributed by atoms with van der Waals surface area (Å²) in [6.07, 6.45) is 3.23. The molecule has 0 unspecified atom stereocenters. The van der Waals surface area contributed by atoms with E-state index >= 15 is 0 Å². The minimum atomic E-state index is -0.618. The normalized spacial score (nSPS) is 15.1. The zero-order valence-corrected chi connectivity index (χ0v) is 19.0. The van der Waals surface area contributed by atoms with E-state index in [0.29, 0.717) is 44.3 Å². The van der Waals surface area contributed by atoms with Crippen molar-refractivity contribution < 1.29 is 4.79 Å². The first-order valence-electron chi connectivity index (χ1n) is 10.2. The first-order chi connectivity index (χ1) is 16.0. The molecule has 5 rings (SSSR count). The summed E-state index contributed by atoms with van der Waals surface area (Å²) in [6, 6.07) is 17.8. The van der Waals surface area contributed by atoms with Crippen LogP contribution in [0.3, 0.4) is 0 Å². The highest BCUT2D eigenvalue weighted by molar-refractivity contribution is 6.35. The summed E-state index contributed by atoms with van der Waals surface area (Å²) < 4.78 is 1.68. The Hall–Kier alpha value is -3.68. The maximum atomic E-state index is 13.5. The zero-order chi connectivity index (χ0) is 22.9. The van der Waals surface area contributed by atoms with Crippen molar-refractivity contribution in [2.24, 2.45) is 0 Å². The Morgan fingerprint density at radius 3 is 2.64 bits per heavy atom. The summed E-state index contributed by atoms with van der Waals surface area (Å²) in [6.45, 7) is 1.83. The van der Waals surface area contributed by atoms with E-state index in [4.69, 9.17) is 28.3 Å². The van der Waals surface area contributed by atoms with Crippen molar-refractivity contribution in [1.29, 1.82) is 0 Å². The third-order valence-corrected chi connectivity index (χ3v) is 5.87. The van der Waals surface area contributed by atoms with Crippen LogP contribution >= 0.6 is 23.2 Å². The molecule has 0 spiro atoms. The fraction of sp³-hybridized carbons (Fsp3) is 0.0833. The number of fused-ring (bicyclic) bond motifs is 1. The first kappa shape index (κ1) is 21.2. The molecule has 4 aromatic rings. The summed E-state index contributed by atoms with van der Waals surface area (Å²) in [5, 5.41) is 11.8. The Morgan fingerprint density at radius 1 is 1.09 bits per heavy atom. The SMILES string of the molecule is CC1=C(C(=O)Nc2cccnc2)[C@@H](c2ccc(Cl)cc2Cl)n2nc(-c3ccccc3)nc2N1. The van der Waals surface area contributed by atoms with Crippen molar-refractivity contribution >= 4 is 40.7 Å². The molecule has 0 radical (unpaired) electrons. The number of allylic oxidation sites excluding steroid dienone is 1. The summed E-state index contributed by atoms with van der Waals surface area (Å²) >= 11 is 12.7. The van der Waals surface area contributed by atoms with Gasteiger partial charge in [-0.15, -0.1) is 5.10 Å². The molecule has 0 bridgehead atoms. The molecule has 7 nitrogen and oxygen atoms in total. The Balaban J connectivity index is 1.64. The van der Waals surface area contributed by atoms with Gasteiger partial charge in [-0.1, -0.05) is 59.6 Å². The number of nitrogens with zero attached hydrogens (tertiary/aromatic N) is 4. The number of carbonyl (C=O) groups excluding carboxylic acids is 1. The van der Waals surface area contributed by atoms with E-state index in [0.717, 1.165) is 5.56 Å². The van der Waals surface area contributed by atoms with Crippen LogP contribution in [0.5, 0.6) is 0 Å². The van der Waals surface area contributed by atoms with Crippen LogP contribution in [0.15, 0.2) is 84.3 Å². The fourth-order valence-corrected chi connectivity index (χ4v) is 4.31. The second-order valence-electron chi connectivity index (χ2n) is 7.50. The highest BCUT2D eigenvalue weighted by Gasteiger charge is 2.35. The lowest BCUT2D eigenvalue weighted by molar-refractivity contribution is -0.113. The molecule has 33 heavy (non-hydrogen) atoms. The van der Waals surface area contributed by atoms with E-state index in [1.807, 2.05) is 37.3 Å². The largest absolute Gasteiger partial charge is 0.328 e. The molecule has 0 saturated heterocycles. The molecule has 9 heteroatoms. The van der Waals surface area contributed by atoms with E-state index in [1.54, 1.807) is 47.4 Å². The molecular formula is C24H18Cl2N6O.